The molecule has 1 aliphatic carbocycles. The summed E-state index contributed by atoms with van der Waals surface area (Å²) < 4.78 is 30.2. The molecule has 1 aliphatic rings. The van der Waals surface area contributed by atoms with Crippen molar-refractivity contribution in [2.24, 2.45) is 0 Å². The number of nitrogens with zero attached hydrogens (tertiary/aromatic N) is 2. The van der Waals surface area contributed by atoms with Gasteiger partial charge < -0.3 is 10.2 Å². The Hall–Kier alpha value is -3.70. The maximum Gasteiger partial charge on any atom is 0.264 e. The van der Waals surface area contributed by atoms with Crippen LogP contribution in [0.15, 0.2) is 114 Å². The molecule has 4 aromatic carbocycles. The van der Waals surface area contributed by atoms with Gasteiger partial charge in [0.05, 0.1) is 10.6 Å². The van der Waals surface area contributed by atoms with E-state index in [1.807, 2.05) is 73.7 Å². The number of benzene rings is 4. The quantitative estimate of drug-likeness (QED) is 0.169. The summed E-state index contributed by atoms with van der Waals surface area (Å²) in [5.41, 5.74) is 3.18. The Morgan fingerprint density at radius 2 is 1.47 bits per heavy atom. The summed E-state index contributed by atoms with van der Waals surface area (Å²) in [4.78, 5) is 30.3. The molecule has 1 fully saturated rings. The molecule has 0 saturated heterocycles. The lowest BCUT2D eigenvalue weighted by Gasteiger charge is -2.34. The van der Waals surface area contributed by atoms with Crippen LogP contribution in [0.4, 0.5) is 5.69 Å². The van der Waals surface area contributed by atoms with Crippen molar-refractivity contribution in [3.05, 3.63) is 129 Å². The van der Waals surface area contributed by atoms with Gasteiger partial charge in [-0.15, -0.1) is 0 Å². The topological polar surface area (TPSA) is 86.8 Å². The van der Waals surface area contributed by atoms with E-state index < -0.39 is 28.5 Å². The van der Waals surface area contributed by atoms with Crippen LogP contribution >= 0.6 is 22.6 Å². The summed E-state index contributed by atoms with van der Waals surface area (Å²) in [6.45, 7) is 1.67. The molecule has 45 heavy (non-hydrogen) atoms. The molecule has 1 saturated carbocycles. The zero-order valence-corrected chi connectivity index (χ0v) is 28.3. The highest BCUT2D eigenvalue weighted by molar-refractivity contribution is 14.1. The van der Waals surface area contributed by atoms with E-state index in [-0.39, 0.29) is 23.4 Å². The molecule has 0 aromatic heterocycles. The minimum atomic E-state index is -4.12. The molecule has 0 radical (unpaired) electrons. The zero-order chi connectivity index (χ0) is 31.8. The number of sulfonamides is 1. The number of carbonyl (C=O) groups excluding carboxylic acids is 2. The van der Waals surface area contributed by atoms with E-state index in [9.17, 15) is 18.0 Å². The van der Waals surface area contributed by atoms with Crippen LogP contribution in [-0.2, 0) is 32.6 Å². The smallest absolute Gasteiger partial charge is 0.264 e. The first-order valence-corrected chi connectivity index (χ1v) is 17.8. The second-order valence-corrected chi connectivity index (χ2v) is 14.6. The van der Waals surface area contributed by atoms with Gasteiger partial charge in [-0.05, 0) is 89.9 Å². The minimum absolute atomic E-state index is 0.0634. The van der Waals surface area contributed by atoms with Crippen LogP contribution in [-0.4, -0.2) is 43.8 Å². The van der Waals surface area contributed by atoms with Gasteiger partial charge in [0.1, 0.15) is 12.6 Å². The van der Waals surface area contributed by atoms with E-state index >= 15 is 0 Å². The van der Waals surface area contributed by atoms with Gasteiger partial charge in [-0.2, -0.15) is 0 Å². The number of anilines is 1. The Morgan fingerprint density at radius 1 is 0.844 bits per heavy atom. The third-order valence-corrected chi connectivity index (χ3v) is 10.6. The van der Waals surface area contributed by atoms with Crippen LogP contribution < -0.4 is 9.62 Å². The maximum absolute atomic E-state index is 14.6. The second-order valence-electron chi connectivity index (χ2n) is 11.5. The molecular weight excluding hydrogens is 697 g/mol. The van der Waals surface area contributed by atoms with Crippen LogP contribution in [0.5, 0.6) is 0 Å². The molecule has 0 bridgehead atoms. The van der Waals surface area contributed by atoms with Crippen molar-refractivity contribution in [1.82, 2.24) is 10.2 Å². The number of rotatable bonds is 12. The van der Waals surface area contributed by atoms with Gasteiger partial charge in [0.15, 0.2) is 0 Å². The van der Waals surface area contributed by atoms with Crippen molar-refractivity contribution < 1.29 is 18.0 Å². The van der Waals surface area contributed by atoms with Gasteiger partial charge in [0.25, 0.3) is 10.0 Å². The standard InChI is InChI=1S/C36H38IN3O4S/c1-27-11-10-14-29(23-27)25-39(34(24-28-12-4-2-5-13-28)36(42)38-31-15-8-9-16-31)35(41)26-40(32-21-19-30(37)20-22-32)45(43,44)33-17-6-3-7-18-33/h2-7,10-14,17-23,31,34H,8-9,15-16,24-26H2,1H3,(H,38,42). The molecule has 4 aromatic rings. The van der Waals surface area contributed by atoms with E-state index in [2.05, 4.69) is 27.9 Å². The summed E-state index contributed by atoms with van der Waals surface area (Å²) in [7, 11) is -4.12. The highest BCUT2D eigenvalue weighted by atomic mass is 127. The molecule has 7 nitrogen and oxygen atoms in total. The number of halogens is 1. The lowest BCUT2D eigenvalue weighted by molar-refractivity contribution is -0.140. The third-order valence-electron chi connectivity index (χ3n) is 8.13. The Kier molecular flexibility index (Phi) is 10.9. The van der Waals surface area contributed by atoms with Crippen molar-refractivity contribution in [3.8, 4) is 0 Å². The Bertz CT molecular complexity index is 1690. The first-order chi connectivity index (χ1) is 21.7. The predicted octanol–water partition coefficient (Wildman–Crippen LogP) is 6.49. The minimum Gasteiger partial charge on any atom is -0.352 e. The van der Waals surface area contributed by atoms with E-state index in [0.717, 1.165) is 50.2 Å². The number of hydrogen-bond donors (Lipinski definition) is 1. The predicted molar refractivity (Wildman–Crippen MR) is 186 cm³/mol. The number of hydrogen-bond acceptors (Lipinski definition) is 4. The second kappa shape index (κ2) is 15.1. The van der Waals surface area contributed by atoms with Crippen LogP contribution in [0.1, 0.15) is 42.4 Å². The van der Waals surface area contributed by atoms with Gasteiger partial charge in [-0.1, -0.05) is 91.2 Å². The van der Waals surface area contributed by atoms with Crippen LogP contribution in [0.2, 0.25) is 0 Å². The number of amides is 2. The first-order valence-electron chi connectivity index (χ1n) is 15.2. The fourth-order valence-electron chi connectivity index (χ4n) is 5.78. The molecule has 1 N–H and O–H groups in total. The molecular formula is C36H38IN3O4S. The molecule has 0 aliphatic heterocycles. The van der Waals surface area contributed by atoms with Crippen molar-refractivity contribution in [2.75, 3.05) is 10.8 Å². The Labute approximate surface area is 279 Å². The average molecular weight is 736 g/mol. The zero-order valence-electron chi connectivity index (χ0n) is 25.3. The van der Waals surface area contributed by atoms with Crippen molar-refractivity contribution in [3.63, 3.8) is 0 Å². The summed E-state index contributed by atoms with van der Waals surface area (Å²) >= 11 is 2.16. The lowest BCUT2D eigenvalue weighted by Crippen LogP contribution is -2.54. The number of nitrogens with one attached hydrogen (secondary N) is 1. The largest absolute Gasteiger partial charge is 0.352 e. The fourth-order valence-corrected chi connectivity index (χ4v) is 7.58. The van der Waals surface area contributed by atoms with E-state index in [1.165, 1.54) is 12.1 Å². The summed E-state index contributed by atoms with van der Waals surface area (Å²) in [5.74, 6) is -0.685. The van der Waals surface area contributed by atoms with Crippen LogP contribution in [0.3, 0.4) is 0 Å². The average Bonchev–Trinajstić information content (AvgIpc) is 3.56. The molecule has 0 heterocycles. The molecule has 9 heteroatoms. The lowest BCUT2D eigenvalue weighted by atomic mass is 10.0. The molecule has 0 spiro atoms. The summed E-state index contributed by atoms with van der Waals surface area (Å²) in [6, 6.07) is 31.8. The maximum atomic E-state index is 14.6. The monoisotopic (exact) mass is 735 g/mol. The molecule has 1 atom stereocenters. The highest BCUT2D eigenvalue weighted by Gasteiger charge is 2.35. The molecule has 234 valence electrons. The van der Waals surface area contributed by atoms with E-state index in [0.29, 0.717) is 12.1 Å². The van der Waals surface area contributed by atoms with Gasteiger partial charge >= 0.3 is 0 Å². The molecule has 5 rings (SSSR count). The highest BCUT2D eigenvalue weighted by Crippen LogP contribution is 2.26. The Balaban J connectivity index is 1.56. The van der Waals surface area contributed by atoms with Crippen LogP contribution in [0.25, 0.3) is 0 Å². The fraction of sp³-hybridized carbons (Fsp3) is 0.278. The van der Waals surface area contributed by atoms with Crippen molar-refractivity contribution >= 4 is 50.1 Å². The molecule has 2 amide bonds. The number of aryl methyl sites for hydroxylation is 1. The van der Waals surface area contributed by atoms with Gasteiger partial charge in [-0.25, -0.2) is 8.42 Å². The molecule has 1 unspecified atom stereocenters. The Morgan fingerprint density at radius 3 is 2.11 bits per heavy atom. The SMILES string of the molecule is Cc1cccc(CN(C(=O)CN(c2ccc(I)cc2)S(=O)(=O)c2ccccc2)C(Cc2ccccc2)C(=O)NC2CCCC2)c1. The first kappa shape index (κ1) is 32.7. The van der Waals surface area contributed by atoms with Gasteiger partial charge in [-0.3, -0.25) is 13.9 Å². The number of carbonyl (C=O) groups is 2. The van der Waals surface area contributed by atoms with Gasteiger partial charge in [0, 0.05) is 22.6 Å². The van der Waals surface area contributed by atoms with E-state index in [4.69, 9.17) is 0 Å². The van der Waals surface area contributed by atoms with E-state index in [1.54, 1.807) is 35.2 Å². The van der Waals surface area contributed by atoms with Crippen molar-refractivity contribution in [1.29, 1.82) is 0 Å². The summed E-state index contributed by atoms with van der Waals surface area (Å²) in [5, 5.41) is 3.21. The van der Waals surface area contributed by atoms with Crippen LogP contribution in [0, 0.1) is 10.5 Å². The summed E-state index contributed by atoms with van der Waals surface area (Å²) in [6.07, 6.45) is 4.23. The van der Waals surface area contributed by atoms with Gasteiger partial charge in [0.2, 0.25) is 11.8 Å². The van der Waals surface area contributed by atoms with Crippen molar-refractivity contribution in [2.45, 2.75) is 62.6 Å². The normalized spacial score (nSPS) is 14.1. The third kappa shape index (κ3) is 8.52.